The van der Waals surface area contributed by atoms with E-state index in [1.54, 1.807) is 10.1 Å². The number of allylic oxidation sites excluding steroid dienone is 1. The van der Waals surface area contributed by atoms with Gasteiger partial charge in [0.15, 0.2) is 0 Å². The fourth-order valence-electron chi connectivity index (χ4n) is 5.17. The number of benzene rings is 1. The Kier molecular flexibility index (Phi) is 6.19. The van der Waals surface area contributed by atoms with Crippen molar-refractivity contribution in [3.05, 3.63) is 68.8 Å². The van der Waals surface area contributed by atoms with Crippen molar-refractivity contribution in [1.82, 2.24) is 0 Å². The summed E-state index contributed by atoms with van der Waals surface area (Å²) >= 11 is 3.98. The number of hydrogen-bond acceptors (Lipinski definition) is 3. The van der Waals surface area contributed by atoms with Crippen LogP contribution in [-0.2, 0) is 5.41 Å². The van der Waals surface area contributed by atoms with Gasteiger partial charge in [-0.25, -0.2) is 0 Å². The Hall–Kier alpha value is -1.49. The van der Waals surface area contributed by atoms with E-state index >= 15 is 0 Å². The van der Waals surface area contributed by atoms with Crippen LogP contribution in [-0.4, -0.2) is 20.4 Å². The van der Waals surface area contributed by atoms with E-state index in [4.69, 9.17) is 4.74 Å². The van der Waals surface area contributed by atoms with Crippen molar-refractivity contribution in [3.8, 4) is 5.75 Å². The molecule has 4 rings (SSSR count). The SMILES string of the molecule is C=CCOc1c(C(C)(C)C)cc(C)cc1[Si](CC)(CC)C1=C2SCC=C2c2ccsc21. The van der Waals surface area contributed by atoms with Crippen molar-refractivity contribution in [2.45, 2.75) is 59.0 Å². The summed E-state index contributed by atoms with van der Waals surface area (Å²) in [7, 11) is -2.05. The van der Waals surface area contributed by atoms with Crippen LogP contribution in [0.4, 0.5) is 0 Å². The number of hydrogen-bond donors (Lipinski definition) is 0. The average Bonchev–Trinajstić information content (AvgIpc) is 3.43. The molecule has 0 amide bonds. The Balaban J connectivity index is 2.05. The molecule has 0 N–H and O–H groups in total. The van der Waals surface area contributed by atoms with Crippen LogP contribution in [0.5, 0.6) is 5.75 Å². The Morgan fingerprint density at radius 2 is 1.94 bits per heavy atom. The molecule has 4 heteroatoms. The molecule has 0 saturated carbocycles. The minimum absolute atomic E-state index is 0.0215. The molecule has 0 atom stereocenters. The highest BCUT2D eigenvalue weighted by Crippen LogP contribution is 2.56. The number of ether oxygens (including phenoxy) is 1. The fourth-order valence-corrected chi connectivity index (χ4v) is 13.2. The fraction of sp³-hybridized carbons (Fsp3) is 0.407. The summed E-state index contributed by atoms with van der Waals surface area (Å²) in [4.78, 5) is 3.09. The summed E-state index contributed by atoms with van der Waals surface area (Å²) in [5.74, 6) is 2.22. The lowest BCUT2D eigenvalue weighted by molar-refractivity contribution is 0.353. The van der Waals surface area contributed by atoms with Crippen molar-refractivity contribution in [3.63, 3.8) is 0 Å². The highest BCUT2D eigenvalue weighted by atomic mass is 32.2. The van der Waals surface area contributed by atoms with Gasteiger partial charge in [-0.05, 0) is 45.3 Å². The molecule has 0 spiro atoms. The summed E-state index contributed by atoms with van der Waals surface area (Å²) in [5.41, 5.74) is 5.65. The van der Waals surface area contributed by atoms with Crippen LogP contribution in [0.1, 0.15) is 56.2 Å². The second-order valence-corrected chi connectivity index (χ2v) is 16.2. The molecule has 164 valence electrons. The number of thioether (sulfide) groups is 1. The van der Waals surface area contributed by atoms with E-state index in [0.717, 1.165) is 11.5 Å². The molecule has 2 aromatic rings. The number of rotatable bonds is 7. The Morgan fingerprint density at radius 1 is 1.19 bits per heavy atom. The van der Waals surface area contributed by atoms with Crippen molar-refractivity contribution in [2.24, 2.45) is 0 Å². The largest absolute Gasteiger partial charge is 0.489 e. The first kappa shape index (κ1) is 22.7. The summed E-state index contributed by atoms with van der Waals surface area (Å²) < 4.78 is 6.53. The summed E-state index contributed by atoms with van der Waals surface area (Å²) in [5, 5.41) is 5.44. The van der Waals surface area contributed by atoms with Gasteiger partial charge in [-0.2, -0.15) is 0 Å². The molecule has 1 aliphatic carbocycles. The van der Waals surface area contributed by atoms with Crippen molar-refractivity contribution < 1.29 is 4.74 Å². The van der Waals surface area contributed by atoms with Gasteiger partial charge >= 0.3 is 0 Å². The lowest BCUT2D eigenvalue weighted by Crippen LogP contribution is -2.49. The molecule has 2 heterocycles. The highest BCUT2D eigenvalue weighted by Gasteiger charge is 2.46. The van der Waals surface area contributed by atoms with E-state index < -0.39 is 8.07 Å². The molecule has 0 bridgehead atoms. The van der Waals surface area contributed by atoms with Gasteiger partial charge in [-0.15, -0.1) is 23.1 Å². The maximum Gasteiger partial charge on any atom is 0.125 e. The van der Waals surface area contributed by atoms with E-state index in [0.29, 0.717) is 6.61 Å². The summed E-state index contributed by atoms with van der Waals surface area (Å²) in [6, 6.07) is 9.50. The first-order valence-electron chi connectivity index (χ1n) is 11.3. The Bertz CT molecular complexity index is 1080. The third-order valence-corrected chi connectivity index (χ3v) is 14.4. The summed E-state index contributed by atoms with van der Waals surface area (Å²) in [6.45, 7) is 18.5. The van der Waals surface area contributed by atoms with Crippen LogP contribution in [0.25, 0.3) is 10.8 Å². The van der Waals surface area contributed by atoms with Crippen molar-refractivity contribution in [2.75, 3.05) is 12.4 Å². The van der Waals surface area contributed by atoms with Crippen LogP contribution < -0.4 is 9.92 Å². The first-order chi connectivity index (χ1) is 14.8. The van der Waals surface area contributed by atoms with Crippen LogP contribution in [0.3, 0.4) is 0 Å². The van der Waals surface area contributed by atoms with Crippen LogP contribution >= 0.6 is 23.1 Å². The molecule has 0 fully saturated rings. The smallest absolute Gasteiger partial charge is 0.125 e. The average molecular weight is 467 g/mol. The third kappa shape index (κ3) is 3.61. The highest BCUT2D eigenvalue weighted by molar-refractivity contribution is 8.04. The van der Waals surface area contributed by atoms with E-state index in [9.17, 15) is 0 Å². The standard InChI is InChI=1S/C27H34OS2Si/c1-8-13-28-23-21(27(5,6)7)16-18(4)17-22(23)31(9-2,10-3)26-24-19(11-14-29-24)20-12-15-30-25(20)26/h8,11-12,14,16-17H,1,9-10,13,15H2,2-7H3. The zero-order valence-electron chi connectivity index (χ0n) is 19.7. The molecular weight excluding hydrogens is 433 g/mol. The Morgan fingerprint density at radius 3 is 2.58 bits per heavy atom. The van der Waals surface area contributed by atoms with E-state index in [2.05, 4.69) is 77.8 Å². The van der Waals surface area contributed by atoms with E-state index in [-0.39, 0.29) is 5.41 Å². The maximum atomic E-state index is 6.53. The van der Waals surface area contributed by atoms with Crippen molar-refractivity contribution >= 4 is 47.1 Å². The van der Waals surface area contributed by atoms with Crippen LogP contribution in [0, 0.1) is 6.92 Å². The molecule has 31 heavy (non-hydrogen) atoms. The van der Waals surface area contributed by atoms with Gasteiger partial charge in [0.25, 0.3) is 0 Å². The van der Waals surface area contributed by atoms with E-state index in [1.165, 1.54) is 44.4 Å². The Labute approximate surface area is 197 Å². The molecule has 1 aliphatic heterocycles. The third-order valence-electron chi connectivity index (χ3n) is 6.76. The maximum absolute atomic E-state index is 6.53. The molecular formula is C27H34OS2Si. The minimum Gasteiger partial charge on any atom is -0.489 e. The monoisotopic (exact) mass is 466 g/mol. The van der Waals surface area contributed by atoms with Gasteiger partial charge in [0.1, 0.15) is 20.4 Å². The predicted octanol–water partition coefficient (Wildman–Crippen LogP) is 7.71. The lowest BCUT2D eigenvalue weighted by Gasteiger charge is -2.36. The predicted molar refractivity (Wildman–Crippen MR) is 144 cm³/mol. The van der Waals surface area contributed by atoms with Gasteiger partial charge < -0.3 is 4.74 Å². The molecule has 2 aliphatic rings. The number of aryl methyl sites for hydroxylation is 1. The van der Waals surface area contributed by atoms with E-state index in [1.807, 2.05) is 29.2 Å². The second-order valence-electron chi connectivity index (χ2n) is 9.62. The minimum atomic E-state index is -2.05. The quantitative estimate of drug-likeness (QED) is 0.305. The van der Waals surface area contributed by atoms with Gasteiger partial charge in [-0.3, -0.25) is 0 Å². The topological polar surface area (TPSA) is 9.23 Å². The lowest BCUT2D eigenvalue weighted by atomic mass is 9.85. The summed E-state index contributed by atoms with van der Waals surface area (Å²) in [6.07, 6.45) is 4.31. The second kappa shape index (κ2) is 8.46. The number of fused-ring (bicyclic) bond motifs is 3. The number of thiophene rings is 1. The van der Waals surface area contributed by atoms with Crippen LogP contribution in [0.15, 0.2) is 47.2 Å². The van der Waals surface area contributed by atoms with Gasteiger partial charge in [0, 0.05) is 21.1 Å². The molecule has 0 unspecified atom stereocenters. The molecule has 0 radical (unpaired) electrons. The molecule has 0 saturated heterocycles. The van der Waals surface area contributed by atoms with Gasteiger partial charge in [-0.1, -0.05) is 83.1 Å². The molecule has 1 aromatic carbocycles. The van der Waals surface area contributed by atoms with Crippen LogP contribution in [0.2, 0.25) is 12.1 Å². The normalized spacial score (nSPS) is 15.7. The molecule has 1 nitrogen and oxygen atoms in total. The van der Waals surface area contributed by atoms with Gasteiger partial charge in [0.2, 0.25) is 0 Å². The van der Waals surface area contributed by atoms with Gasteiger partial charge in [0.05, 0.1) is 0 Å². The zero-order chi connectivity index (χ0) is 22.4. The zero-order valence-corrected chi connectivity index (χ0v) is 22.4. The van der Waals surface area contributed by atoms with Crippen molar-refractivity contribution in [1.29, 1.82) is 0 Å². The first-order valence-corrected chi connectivity index (χ1v) is 15.6. The molecule has 1 aromatic heterocycles.